The predicted octanol–water partition coefficient (Wildman–Crippen LogP) is 3.54. The molecule has 2 rings (SSSR count). The molecular formula is C16H16F3NO. The number of hydrogen-bond donors (Lipinski definition) is 1. The fraction of sp³-hybridized carbons (Fsp3) is 0.250. The first kappa shape index (κ1) is 15.5. The second-order valence-electron chi connectivity index (χ2n) is 4.66. The molecule has 2 nitrogen and oxygen atoms in total. The molecule has 0 unspecified atom stereocenters. The molecule has 0 fully saturated rings. The molecule has 0 bridgehead atoms. The van der Waals surface area contributed by atoms with Crippen LogP contribution in [0.3, 0.4) is 0 Å². The third-order valence-corrected chi connectivity index (χ3v) is 3.14. The van der Waals surface area contributed by atoms with E-state index in [4.69, 9.17) is 4.74 Å². The molecule has 112 valence electrons. The molecular weight excluding hydrogens is 279 g/mol. The van der Waals surface area contributed by atoms with Crippen molar-refractivity contribution in [2.24, 2.45) is 0 Å². The second-order valence-corrected chi connectivity index (χ2v) is 4.66. The van der Waals surface area contributed by atoms with Gasteiger partial charge in [-0.3, -0.25) is 0 Å². The molecule has 0 radical (unpaired) electrons. The Kier molecular flexibility index (Phi) is 5.36. The maximum absolute atomic E-state index is 13.5. The van der Waals surface area contributed by atoms with E-state index in [2.05, 4.69) is 5.32 Å². The molecule has 0 amide bonds. The first-order valence-corrected chi connectivity index (χ1v) is 6.51. The first-order chi connectivity index (χ1) is 10.1. The summed E-state index contributed by atoms with van der Waals surface area (Å²) in [6, 6.07) is 9.12. The smallest absolute Gasteiger partial charge is 0.161 e. The van der Waals surface area contributed by atoms with E-state index in [1.54, 1.807) is 7.11 Å². The van der Waals surface area contributed by atoms with Gasteiger partial charge in [0.25, 0.3) is 0 Å². The van der Waals surface area contributed by atoms with Gasteiger partial charge in [-0.25, -0.2) is 13.2 Å². The Hall–Kier alpha value is -1.85. The zero-order chi connectivity index (χ0) is 15.2. The van der Waals surface area contributed by atoms with Gasteiger partial charge in [0, 0.05) is 31.8 Å². The van der Waals surface area contributed by atoms with Crippen molar-refractivity contribution in [1.29, 1.82) is 0 Å². The molecule has 2 aromatic carbocycles. The van der Waals surface area contributed by atoms with Gasteiger partial charge in [-0.15, -0.1) is 0 Å². The highest BCUT2D eigenvalue weighted by Gasteiger charge is 2.09. The van der Waals surface area contributed by atoms with Crippen molar-refractivity contribution in [3.05, 3.63) is 70.5 Å². The van der Waals surface area contributed by atoms with Gasteiger partial charge < -0.3 is 10.1 Å². The van der Waals surface area contributed by atoms with Crippen molar-refractivity contribution >= 4 is 0 Å². The predicted molar refractivity (Wildman–Crippen MR) is 74.0 cm³/mol. The lowest BCUT2D eigenvalue weighted by Crippen LogP contribution is -2.15. The number of hydrogen-bond acceptors (Lipinski definition) is 2. The van der Waals surface area contributed by atoms with Crippen LogP contribution in [-0.2, 0) is 24.4 Å². The van der Waals surface area contributed by atoms with E-state index in [9.17, 15) is 13.2 Å². The Morgan fingerprint density at radius 1 is 0.857 bits per heavy atom. The normalized spacial score (nSPS) is 10.9. The van der Waals surface area contributed by atoms with Gasteiger partial charge in [-0.2, -0.15) is 0 Å². The molecule has 0 saturated carbocycles. The van der Waals surface area contributed by atoms with Crippen molar-refractivity contribution in [3.63, 3.8) is 0 Å². The fourth-order valence-electron chi connectivity index (χ4n) is 2.06. The van der Waals surface area contributed by atoms with Crippen LogP contribution < -0.4 is 5.32 Å². The third kappa shape index (κ3) is 4.06. The third-order valence-electron chi connectivity index (χ3n) is 3.14. The second kappa shape index (κ2) is 7.24. The highest BCUT2D eigenvalue weighted by Crippen LogP contribution is 2.14. The molecule has 0 spiro atoms. The number of benzene rings is 2. The lowest BCUT2D eigenvalue weighted by atomic mass is 10.1. The van der Waals surface area contributed by atoms with E-state index in [0.717, 1.165) is 17.2 Å². The zero-order valence-electron chi connectivity index (χ0n) is 11.6. The van der Waals surface area contributed by atoms with Gasteiger partial charge in [0.2, 0.25) is 0 Å². The van der Waals surface area contributed by atoms with Crippen LogP contribution in [0.15, 0.2) is 36.4 Å². The molecule has 0 aliphatic rings. The van der Waals surface area contributed by atoms with Crippen LogP contribution in [0.2, 0.25) is 0 Å². The van der Waals surface area contributed by atoms with E-state index in [1.807, 2.05) is 24.3 Å². The van der Waals surface area contributed by atoms with E-state index >= 15 is 0 Å². The molecule has 0 aliphatic heterocycles. The van der Waals surface area contributed by atoms with Gasteiger partial charge in [0.05, 0.1) is 6.61 Å². The molecule has 1 N–H and O–H groups in total. The monoisotopic (exact) mass is 295 g/mol. The number of rotatable bonds is 6. The van der Waals surface area contributed by atoms with Crippen molar-refractivity contribution < 1.29 is 17.9 Å². The summed E-state index contributed by atoms with van der Waals surface area (Å²) in [7, 11) is 1.61. The Morgan fingerprint density at radius 3 is 2.19 bits per heavy atom. The number of methoxy groups -OCH3 is 1. The number of nitrogens with one attached hydrogen (secondary N) is 1. The van der Waals surface area contributed by atoms with E-state index < -0.39 is 17.5 Å². The van der Waals surface area contributed by atoms with Gasteiger partial charge in [0.15, 0.2) is 11.6 Å². The molecule has 0 heterocycles. The summed E-state index contributed by atoms with van der Waals surface area (Å²) in [5.74, 6) is -2.98. The number of halogens is 3. The summed E-state index contributed by atoms with van der Waals surface area (Å²) in [4.78, 5) is 0. The van der Waals surface area contributed by atoms with Crippen molar-refractivity contribution in [2.75, 3.05) is 7.11 Å². The van der Waals surface area contributed by atoms with Crippen LogP contribution in [-0.4, -0.2) is 7.11 Å². The highest BCUT2D eigenvalue weighted by molar-refractivity contribution is 5.26. The molecule has 0 aromatic heterocycles. The molecule has 5 heteroatoms. The SMILES string of the molecule is COCc1ccccc1CNCc1cc(F)c(F)cc1F. The van der Waals surface area contributed by atoms with Crippen LogP contribution in [0, 0.1) is 17.5 Å². The topological polar surface area (TPSA) is 21.3 Å². The highest BCUT2D eigenvalue weighted by atomic mass is 19.2. The Labute approximate surface area is 121 Å². The largest absolute Gasteiger partial charge is 0.380 e. The average molecular weight is 295 g/mol. The summed E-state index contributed by atoms with van der Waals surface area (Å²) in [6.07, 6.45) is 0. The van der Waals surface area contributed by atoms with Crippen LogP contribution >= 0.6 is 0 Å². The maximum Gasteiger partial charge on any atom is 0.161 e. The van der Waals surface area contributed by atoms with Crippen LogP contribution in [0.4, 0.5) is 13.2 Å². The molecule has 0 saturated heterocycles. The minimum atomic E-state index is -1.18. The molecule has 0 aliphatic carbocycles. The molecule has 21 heavy (non-hydrogen) atoms. The van der Waals surface area contributed by atoms with Crippen LogP contribution in [0.1, 0.15) is 16.7 Å². The summed E-state index contributed by atoms with van der Waals surface area (Å²) in [5.41, 5.74) is 2.14. The average Bonchev–Trinajstić information content (AvgIpc) is 2.46. The van der Waals surface area contributed by atoms with Gasteiger partial charge >= 0.3 is 0 Å². The van der Waals surface area contributed by atoms with Gasteiger partial charge in [0.1, 0.15) is 5.82 Å². The van der Waals surface area contributed by atoms with Crippen LogP contribution in [0.25, 0.3) is 0 Å². The van der Waals surface area contributed by atoms with E-state index in [0.29, 0.717) is 19.2 Å². The minimum absolute atomic E-state index is 0.0955. The standard InChI is InChI=1S/C16H16F3NO/c1-21-10-12-5-3-2-4-11(12)8-20-9-13-6-15(18)16(19)7-14(13)17/h2-7,20H,8-10H2,1H3. The first-order valence-electron chi connectivity index (χ1n) is 6.51. The Morgan fingerprint density at radius 2 is 1.48 bits per heavy atom. The quantitative estimate of drug-likeness (QED) is 0.823. The van der Waals surface area contributed by atoms with Gasteiger partial charge in [-0.1, -0.05) is 24.3 Å². The maximum atomic E-state index is 13.5. The Bertz CT molecular complexity index is 616. The molecule has 2 aromatic rings. The van der Waals surface area contributed by atoms with Gasteiger partial charge in [-0.05, 0) is 17.2 Å². The summed E-state index contributed by atoms with van der Waals surface area (Å²) in [5, 5.41) is 3.02. The van der Waals surface area contributed by atoms with Crippen molar-refractivity contribution in [2.45, 2.75) is 19.7 Å². The van der Waals surface area contributed by atoms with Crippen LogP contribution in [0.5, 0.6) is 0 Å². The lowest BCUT2D eigenvalue weighted by molar-refractivity contribution is 0.184. The Balaban J connectivity index is 2.00. The van der Waals surface area contributed by atoms with E-state index in [1.165, 1.54) is 0 Å². The summed E-state index contributed by atoms with van der Waals surface area (Å²) < 4.78 is 44.5. The minimum Gasteiger partial charge on any atom is -0.380 e. The van der Waals surface area contributed by atoms with E-state index in [-0.39, 0.29) is 12.1 Å². The van der Waals surface area contributed by atoms with Crippen molar-refractivity contribution in [3.8, 4) is 0 Å². The molecule has 0 atom stereocenters. The summed E-state index contributed by atoms with van der Waals surface area (Å²) >= 11 is 0. The lowest BCUT2D eigenvalue weighted by Gasteiger charge is -2.10. The zero-order valence-corrected chi connectivity index (χ0v) is 11.6. The summed E-state index contributed by atoms with van der Waals surface area (Å²) in [6.45, 7) is 1.08. The fourth-order valence-corrected chi connectivity index (χ4v) is 2.06. The van der Waals surface area contributed by atoms with Crippen molar-refractivity contribution in [1.82, 2.24) is 5.32 Å². The number of ether oxygens (including phenoxy) is 1.